The van der Waals surface area contributed by atoms with Crippen molar-refractivity contribution < 1.29 is 19.1 Å². The second-order valence-corrected chi connectivity index (χ2v) is 7.62. The van der Waals surface area contributed by atoms with E-state index in [1.54, 1.807) is 31.3 Å². The van der Waals surface area contributed by atoms with Crippen LogP contribution in [-0.2, 0) is 17.6 Å². The maximum atomic E-state index is 13.3. The minimum atomic E-state index is -0.578. The molecule has 3 aromatic carbocycles. The van der Waals surface area contributed by atoms with Crippen molar-refractivity contribution in [3.8, 4) is 11.5 Å². The Kier molecular flexibility index (Phi) is 6.40. The van der Waals surface area contributed by atoms with E-state index in [0.29, 0.717) is 36.4 Å². The van der Waals surface area contributed by atoms with Crippen molar-refractivity contribution in [3.63, 3.8) is 0 Å². The molecule has 1 aliphatic heterocycles. The number of rotatable bonds is 7. The zero-order chi connectivity index (χ0) is 22.5. The molecule has 6 nitrogen and oxygen atoms in total. The maximum absolute atomic E-state index is 13.3. The Hall–Kier alpha value is -3.80. The van der Waals surface area contributed by atoms with Gasteiger partial charge < -0.3 is 14.8 Å². The van der Waals surface area contributed by atoms with Crippen LogP contribution in [0.25, 0.3) is 0 Å². The highest BCUT2D eigenvalue weighted by atomic mass is 16.5. The van der Waals surface area contributed by atoms with Gasteiger partial charge in [0.2, 0.25) is 5.91 Å². The summed E-state index contributed by atoms with van der Waals surface area (Å²) in [5.74, 6) is 0.989. The van der Waals surface area contributed by atoms with Crippen LogP contribution in [0.15, 0.2) is 72.8 Å². The van der Waals surface area contributed by atoms with Gasteiger partial charge in [-0.25, -0.2) is 0 Å². The molecule has 0 unspecified atom stereocenters. The maximum Gasteiger partial charge on any atom is 0.259 e. The van der Waals surface area contributed by atoms with Crippen molar-refractivity contribution in [1.29, 1.82) is 0 Å². The predicted octanol–water partition coefficient (Wildman–Crippen LogP) is 3.63. The average molecular weight is 431 g/mol. The van der Waals surface area contributed by atoms with Crippen LogP contribution in [0.1, 0.15) is 21.5 Å². The summed E-state index contributed by atoms with van der Waals surface area (Å²) in [4.78, 5) is 28.0. The summed E-state index contributed by atoms with van der Waals surface area (Å²) in [6.07, 6.45) is 1.13. The van der Waals surface area contributed by atoms with Crippen molar-refractivity contribution in [1.82, 2.24) is 5.32 Å². The summed E-state index contributed by atoms with van der Waals surface area (Å²) in [7, 11) is 3.19. The number of ether oxygens (including phenoxy) is 2. The van der Waals surface area contributed by atoms with Gasteiger partial charge >= 0.3 is 0 Å². The molecular weight excluding hydrogens is 404 g/mol. The number of hydrogen-bond acceptors (Lipinski definition) is 4. The molecule has 0 spiro atoms. The Morgan fingerprint density at radius 2 is 1.66 bits per heavy atom. The van der Waals surface area contributed by atoms with E-state index in [4.69, 9.17) is 9.47 Å². The van der Waals surface area contributed by atoms with Crippen LogP contribution in [0, 0.1) is 0 Å². The fourth-order valence-electron chi connectivity index (χ4n) is 4.05. The summed E-state index contributed by atoms with van der Waals surface area (Å²) in [6.45, 7) is 0.453. The average Bonchev–Trinajstić information content (AvgIpc) is 3.23. The van der Waals surface area contributed by atoms with Gasteiger partial charge in [0.1, 0.15) is 6.04 Å². The fraction of sp³-hybridized carbons (Fsp3) is 0.231. The van der Waals surface area contributed by atoms with Gasteiger partial charge in [-0.15, -0.1) is 0 Å². The van der Waals surface area contributed by atoms with E-state index in [2.05, 4.69) is 5.32 Å². The lowest BCUT2D eigenvalue weighted by molar-refractivity contribution is -0.122. The number of fused-ring (bicyclic) bond motifs is 1. The summed E-state index contributed by atoms with van der Waals surface area (Å²) in [5, 5.41) is 3.01. The summed E-state index contributed by atoms with van der Waals surface area (Å²) in [6, 6.07) is 21.9. The number of benzene rings is 3. The van der Waals surface area contributed by atoms with Crippen LogP contribution in [0.5, 0.6) is 11.5 Å². The molecule has 1 aliphatic rings. The smallest absolute Gasteiger partial charge is 0.259 e. The summed E-state index contributed by atoms with van der Waals surface area (Å²) < 4.78 is 10.6. The SMILES string of the molecule is COc1ccc(CCNC(=O)[C@H]2Cc3ccccc3N2C(=O)c2ccccc2)cc1OC. The van der Waals surface area contributed by atoms with Gasteiger partial charge in [0.15, 0.2) is 11.5 Å². The fourth-order valence-corrected chi connectivity index (χ4v) is 4.05. The molecular formula is C26H26N2O4. The number of methoxy groups -OCH3 is 2. The normalized spacial score (nSPS) is 14.6. The van der Waals surface area contributed by atoms with E-state index in [9.17, 15) is 9.59 Å². The molecule has 4 rings (SSSR count). The van der Waals surface area contributed by atoms with E-state index in [1.165, 1.54) is 0 Å². The highest BCUT2D eigenvalue weighted by Gasteiger charge is 2.38. The van der Waals surface area contributed by atoms with Crippen LogP contribution in [-0.4, -0.2) is 38.6 Å². The van der Waals surface area contributed by atoms with E-state index < -0.39 is 6.04 Å². The van der Waals surface area contributed by atoms with E-state index in [-0.39, 0.29) is 11.8 Å². The first kappa shape index (κ1) is 21.4. The molecule has 1 heterocycles. The van der Waals surface area contributed by atoms with Gasteiger partial charge in [-0.3, -0.25) is 14.5 Å². The Morgan fingerprint density at radius 1 is 0.938 bits per heavy atom. The molecule has 6 heteroatoms. The molecule has 1 N–H and O–H groups in total. The standard InChI is InChI=1S/C26H26N2O4/c1-31-23-13-12-18(16-24(23)32-2)14-15-27-25(29)22-17-20-10-6-7-11-21(20)28(22)26(30)19-8-4-3-5-9-19/h3-13,16,22H,14-15,17H2,1-2H3,(H,27,29)/t22-/m1/s1. The molecule has 0 fully saturated rings. The van der Waals surface area contributed by atoms with Crippen molar-refractivity contribution in [3.05, 3.63) is 89.5 Å². The number of nitrogens with one attached hydrogen (secondary N) is 1. The summed E-state index contributed by atoms with van der Waals surface area (Å²) >= 11 is 0. The third-order valence-corrected chi connectivity index (χ3v) is 5.68. The molecule has 0 saturated carbocycles. The quantitative estimate of drug-likeness (QED) is 0.622. The van der Waals surface area contributed by atoms with Gasteiger partial charge in [-0.05, 0) is 47.9 Å². The monoisotopic (exact) mass is 430 g/mol. The van der Waals surface area contributed by atoms with Gasteiger partial charge in [0.25, 0.3) is 5.91 Å². The number of hydrogen-bond donors (Lipinski definition) is 1. The first-order chi connectivity index (χ1) is 15.6. The molecule has 3 aromatic rings. The Labute approximate surface area is 187 Å². The zero-order valence-electron chi connectivity index (χ0n) is 18.2. The molecule has 2 amide bonds. The van der Waals surface area contributed by atoms with Crippen molar-refractivity contribution in [2.45, 2.75) is 18.9 Å². The lowest BCUT2D eigenvalue weighted by Gasteiger charge is -2.25. The predicted molar refractivity (Wildman–Crippen MR) is 123 cm³/mol. The van der Waals surface area contributed by atoms with Crippen LogP contribution in [0.2, 0.25) is 0 Å². The Bertz CT molecular complexity index is 1110. The number of carbonyl (C=O) groups is 2. The van der Waals surface area contributed by atoms with Gasteiger partial charge in [0, 0.05) is 24.2 Å². The van der Waals surface area contributed by atoms with Gasteiger partial charge in [-0.1, -0.05) is 42.5 Å². The molecule has 1 atom stereocenters. The van der Waals surface area contributed by atoms with E-state index in [1.807, 2.05) is 60.7 Å². The number of amides is 2. The molecule has 0 bridgehead atoms. The topological polar surface area (TPSA) is 67.9 Å². The zero-order valence-corrected chi connectivity index (χ0v) is 18.2. The molecule has 164 valence electrons. The third kappa shape index (κ3) is 4.30. The Balaban J connectivity index is 1.47. The van der Waals surface area contributed by atoms with Crippen LogP contribution in [0.4, 0.5) is 5.69 Å². The molecule has 0 aliphatic carbocycles. The summed E-state index contributed by atoms with van der Waals surface area (Å²) in [5.41, 5.74) is 3.38. The largest absolute Gasteiger partial charge is 0.493 e. The number of carbonyl (C=O) groups excluding carboxylic acids is 2. The van der Waals surface area contributed by atoms with E-state index in [0.717, 1.165) is 16.8 Å². The van der Waals surface area contributed by atoms with Crippen LogP contribution in [0.3, 0.4) is 0 Å². The van der Waals surface area contributed by atoms with Crippen molar-refractivity contribution in [2.24, 2.45) is 0 Å². The van der Waals surface area contributed by atoms with Gasteiger partial charge in [-0.2, -0.15) is 0 Å². The van der Waals surface area contributed by atoms with Crippen LogP contribution < -0.4 is 19.7 Å². The number of para-hydroxylation sites is 1. The molecule has 0 radical (unpaired) electrons. The van der Waals surface area contributed by atoms with Crippen molar-refractivity contribution in [2.75, 3.05) is 25.7 Å². The Morgan fingerprint density at radius 3 is 2.41 bits per heavy atom. The third-order valence-electron chi connectivity index (χ3n) is 5.68. The highest BCUT2D eigenvalue weighted by molar-refractivity contribution is 6.11. The van der Waals surface area contributed by atoms with Gasteiger partial charge in [0.05, 0.1) is 14.2 Å². The molecule has 0 aromatic heterocycles. The highest BCUT2D eigenvalue weighted by Crippen LogP contribution is 2.33. The first-order valence-corrected chi connectivity index (χ1v) is 10.6. The van der Waals surface area contributed by atoms with E-state index >= 15 is 0 Å². The second-order valence-electron chi connectivity index (χ2n) is 7.62. The van der Waals surface area contributed by atoms with Crippen molar-refractivity contribution >= 4 is 17.5 Å². The second kappa shape index (κ2) is 9.56. The molecule has 32 heavy (non-hydrogen) atoms. The lowest BCUT2D eigenvalue weighted by Crippen LogP contribution is -2.48. The number of anilines is 1. The lowest BCUT2D eigenvalue weighted by atomic mass is 10.1. The van der Waals surface area contributed by atoms with Crippen LogP contribution >= 0.6 is 0 Å². The minimum absolute atomic E-state index is 0.161. The molecule has 0 saturated heterocycles. The number of nitrogens with zero attached hydrogens (tertiary/aromatic N) is 1. The first-order valence-electron chi connectivity index (χ1n) is 10.6. The minimum Gasteiger partial charge on any atom is -0.493 e.